The highest BCUT2D eigenvalue weighted by molar-refractivity contribution is 5.83. The first-order chi connectivity index (χ1) is 10.4. The molecule has 0 radical (unpaired) electrons. The third kappa shape index (κ3) is 2.84. The molecule has 0 bridgehead atoms. The molecule has 1 aromatic rings. The van der Waals surface area contributed by atoms with Gasteiger partial charge in [-0.05, 0) is 36.9 Å². The third-order valence-electron chi connectivity index (χ3n) is 4.70. The lowest BCUT2D eigenvalue weighted by molar-refractivity contribution is -0.138. The van der Waals surface area contributed by atoms with Crippen LogP contribution in [0.4, 0.5) is 13.2 Å². The Hall–Kier alpha value is -1.56. The van der Waals surface area contributed by atoms with E-state index in [0.29, 0.717) is 6.42 Å². The van der Waals surface area contributed by atoms with E-state index in [1.165, 1.54) is 12.1 Å². The molecule has 1 saturated carbocycles. The van der Waals surface area contributed by atoms with E-state index in [1.807, 2.05) is 0 Å². The van der Waals surface area contributed by atoms with Gasteiger partial charge in [0, 0.05) is 25.6 Å². The molecule has 1 aliphatic carbocycles. The fraction of sp³-hybridized carbons (Fsp3) is 0.562. The molecule has 2 aliphatic rings. The molecule has 0 unspecified atom stereocenters. The smallest absolute Gasteiger partial charge is 0.341 e. The lowest BCUT2D eigenvalue weighted by atomic mass is 10.0. The summed E-state index contributed by atoms with van der Waals surface area (Å²) in [4.78, 5) is 14.2. The van der Waals surface area contributed by atoms with Crippen LogP contribution in [0.15, 0.2) is 24.3 Å². The van der Waals surface area contributed by atoms with Gasteiger partial charge in [0.2, 0.25) is 5.91 Å². The van der Waals surface area contributed by atoms with E-state index < -0.39 is 11.7 Å². The SMILES string of the molecule is CN(C(=O)[C@@H]1C[C@@H]1c1ccccc1C(F)(F)F)[C@@H]1CCNC1. The van der Waals surface area contributed by atoms with Crippen LogP contribution >= 0.6 is 0 Å². The molecular formula is C16H19F3N2O. The first kappa shape index (κ1) is 15.3. The molecule has 1 N–H and O–H groups in total. The highest BCUT2D eigenvalue weighted by atomic mass is 19.4. The molecule has 0 spiro atoms. The van der Waals surface area contributed by atoms with E-state index in [2.05, 4.69) is 5.32 Å². The quantitative estimate of drug-likeness (QED) is 0.930. The van der Waals surface area contributed by atoms with E-state index >= 15 is 0 Å². The maximum atomic E-state index is 13.1. The number of carbonyl (C=O) groups is 1. The van der Waals surface area contributed by atoms with E-state index in [9.17, 15) is 18.0 Å². The molecule has 0 aromatic heterocycles. The minimum Gasteiger partial charge on any atom is -0.341 e. The monoisotopic (exact) mass is 312 g/mol. The van der Waals surface area contributed by atoms with Gasteiger partial charge in [0.25, 0.3) is 0 Å². The second-order valence-corrected chi connectivity index (χ2v) is 6.13. The van der Waals surface area contributed by atoms with Gasteiger partial charge in [-0.2, -0.15) is 13.2 Å². The molecule has 2 fully saturated rings. The van der Waals surface area contributed by atoms with Crippen LogP contribution in [0.25, 0.3) is 0 Å². The summed E-state index contributed by atoms with van der Waals surface area (Å²) >= 11 is 0. The van der Waals surface area contributed by atoms with Gasteiger partial charge in [-0.1, -0.05) is 18.2 Å². The highest BCUT2D eigenvalue weighted by Gasteiger charge is 2.49. The van der Waals surface area contributed by atoms with Crippen LogP contribution in [0.2, 0.25) is 0 Å². The molecule has 3 rings (SSSR count). The summed E-state index contributed by atoms with van der Waals surface area (Å²) in [6.45, 7) is 1.64. The molecule has 1 amide bonds. The summed E-state index contributed by atoms with van der Waals surface area (Å²) in [7, 11) is 1.76. The molecule has 3 atom stereocenters. The Morgan fingerprint density at radius 3 is 2.68 bits per heavy atom. The molecule has 22 heavy (non-hydrogen) atoms. The molecule has 120 valence electrons. The number of rotatable bonds is 3. The van der Waals surface area contributed by atoms with E-state index in [-0.39, 0.29) is 29.3 Å². The Bertz CT molecular complexity index is 567. The van der Waals surface area contributed by atoms with Crippen molar-refractivity contribution < 1.29 is 18.0 Å². The molecule has 1 aliphatic heterocycles. The summed E-state index contributed by atoms with van der Waals surface area (Å²) in [5.41, 5.74) is -0.355. The first-order valence-corrected chi connectivity index (χ1v) is 7.53. The number of benzene rings is 1. The topological polar surface area (TPSA) is 32.3 Å². The average molecular weight is 312 g/mol. The third-order valence-corrected chi connectivity index (χ3v) is 4.70. The standard InChI is InChI=1S/C16H19F3N2O/c1-21(10-6-7-20-9-10)15(22)13-8-12(13)11-4-2-3-5-14(11)16(17,18)19/h2-5,10,12-13,20H,6-9H2,1H3/t10-,12-,13-/m1/s1. The molecule has 1 aromatic carbocycles. The van der Waals surface area contributed by atoms with E-state index in [0.717, 1.165) is 25.6 Å². The minimum absolute atomic E-state index is 0.0318. The fourth-order valence-corrected chi connectivity index (χ4v) is 3.30. The number of hydrogen-bond acceptors (Lipinski definition) is 2. The molecule has 1 heterocycles. The first-order valence-electron chi connectivity index (χ1n) is 7.53. The summed E-state index contributed by atoms with van der Waals surface area (Å²) in [5, 5.41) is 3.20. The van der Waals surface area contributed by atoms with Crippen LogP contribution in [-0.2, 0) is 11.0 Å². The maximum absolute atomic E-state index is 13.1. The highest BCUT2D eigenvalue weighted by Crippen LogP contribution is 2.51. The number of halogens is 3. The van der Waals surface area contributed by atoms with Gasteiger partial charge in [-0.3, -0.25) is 4.79 Å². The van der Waals surface area contributed by atoms with Crippen molar-refractivity contribution in [3.8, 4) is 0 Å². The molecular weight excluding hydrogens is 293 g/mol. The predicted octanol–water partition coefficient (Wildman–Crippen LogP) is 2.63. The van der Waals surface area contributed by atoms with Gasteiger partial charge in [0.05, 0.1) is 5.56 Å². The molecule has 6 heteroatoms. The van der Waals surface area contributed by atoms with Gasteiger partial charge in [0.15, 0.2) is 0 Å². The van der Waals surface area contributed by atoms with Gasteiger partial charge in [0.1, 0.15) is 0 Å². The van der Waals surface area contributed by atoms with Crippen LogP contribution in [0.3, 0.4) is 0 Å². The summed E-state index contributed by atoms with van der Waals surface area (Å²) in [6, 6.07) is 5.75. The zero-order chi connectivity index (χ0) is 15.9. The lowest BCUT2D eigenvalue weighted by Crippen LogP contribution is -2.39. The van der Waals surface area contributed by atoms with Crippen LogP contribution in [0, 0.1) is 5.92 Å². The Balaban J connectivity index is 1.73. The van der Waals surface area contributed by atoms with Crippen molar-refractivity contribution in [2.45, 2.75) is 31.0 Å². The number of carbonyl (C=O) groups excluding carboxylic acids is 1. The zero-order valence-electron chi connectivity index (χ0n) is 12.4. The largest absolute Gasteiger partial charge is 0.416 e. The zero-order valence-corrected chi connectivity index (χ0v) is 12.4. The number of hydrogen-bond donors (Lipinski definition) is 1. The van der Waals surface area contributed by atoms with Crippen molar-refractivity contribution in [1.29, 1.82) is 0 Å². The minimum atomic E-state index is -4.37. The van der Waals surface area contributed by atoms with Gasteiger partial charge in [-0.25, -0.2) is 0 Å². The van der Waals surface area contributed by atoms with Gasteiger partial charge in [-0.15, -0.1) is 0 Å². The summed E-state index contributed by atoms with van der Waals surface area (Å²) in [6.07, 6.45) is -2.96. The number of nitrogens with one attached hydrogen (secondary N) is 1. The number of likely N-dealkylation sites (N-methyl/N-ethyl adjacent to an activating group) is 1. The Morgan fingerprint density at radius 1 is 1.32 bits per heavy atom. The van der Waals surface area contributed by atoms with Gasteiger partial charge < -0.3 is 10.2 Å². The van der Waals surface area contributed by atoms with Crippen molar-refractivity contribution in [1.82, 2.24) is 10.2 Å². The number of nitrogens with zero attached hydrogens (tertiary/aromatic N) is 1. The second kappa shape index (κ2) is 5.57. The molecule has 3 nitrogen and oxygen atoms in total. The molecule has 1 saturated heterocycles. The van der Waals surface area contributed by atoms with Crippen LogP contribution in [0.5, 0.6) is 0 Å². The van der Waals surface area contributed by atoms with Gasteiger partial charge >= 0.3 is 6.18 Å². The van der Waals surface area contributed by atoms with Crippen molar-refractivity contribution in [3.05, 3.63) is 35.4 Å². The maximum Gasteiger partial charge on any atom is 0.416 e. The van der Waals surface area contributed by atoms with Crippen molar-refractivity contribution in [2.75, 3.05) is 20.1 Å². The normalized spacial score (nSPS) is 27.7. The summed E-state index contributed by atoms with van der Waals surface area (Å²) < 4.78 is 39.2. The number of amides is 1. The summed E-state index contributed by atoms with van der Waals surface area (Å²) in [5.74, 6) is -0.646. The second-order valence-electron chi connectivity index (χ2n) is 6.13. The van der Waals surface area contributed by atoms with Crippen molar-refractivity contribution in [3.63, 3.8) is 0 Å². The van der Waals surface area contributed by atoms with Crippen LogP contribution in [0.1, 0.15) is 29.9 Å². The van der Waals surface area contributed by atoms with E-state index in [1.54, 1.807) is 18.0 Å². The Morgan fingerprint density at radius 2 is 2.05 bits per heavy atom. The lowest BCUT2D eigenvalue weighted by Gasteiger charge is -2.24. The Labute approximate surface area is 127 Å². The average Bonchev–Trinajstić information content (AvgIpc) is 3.09. The van der Waals surface area contributed by atoms with Crippen molar-refractivity contribution >= 4 is 5.91 Å². The fourth-order valence-electron chi connectivity index (χ4n) is 3.30. The number of alkyl halides is 3. The van der Waals surface area contributed by atoms with Crippen LogP contribution in [-0.4, -0.2) is 37.0 Å². The van der Waals surface area contributed by atoms with Crippen LogP contribution < -0.4 is 5.32 Å². The predicted molar refractivity (Wildman–Crippen MR) is 76.3 cm³/mol. The van der Waals surface area contributed by atoms with E-state index in [4.69, 9.17) is 0 Å². The van der Waals surface area contributed by atoms with Crippen molar-refractivity contribution in [2.24, 2.45) is 5.92 Å². The Kier molecular flexibility index (Phi) is 3.89.